The summed E-state index contributed by atoms with van der Waals surface area (Å²) in [7, 11) is 1.96. The highest BCUT2D eigenvalue weighted by molar-refractivity contribution is 9.10. The van der Waals surface area contributed by atoms with Gasteiger partial charge in [0.05, 0.1) is 20.9 Å². The number of hydrogen-bond acceptors (Lipinski definition) is 3. The first-order chi connectivity index (χ1) is 9.54. The molecule has 0 saturated heterocycles. The second-order valence-electron chi connectivity index (χ2n) is 4.68. The first-order valence-electron chi connectivity index (χ1n) is 6.55. The van der Waals surface area contributed by atoms with Crippen molar-refractivity contribution in [3.05, 3.63) is 44.9 Å². The molecule has 2 aromatic rings. The molecule has 1 unspecified atom stereocenters. The number of rotatable bonds is 5. The van der Waals surface area contributed by atoms with Crippen molar-refractivity contribution in [2.24, 2.45) is 7.05 Å². The lowest BCUT2D eigenvalue weighted by Gasteiger charge is -2.19. The molecule has 20 heavy (non-hydrogen) atoms. The van der Waals surface area contributed by atoms with E-state index in [0.29, 0.717) is 5.02 Å². The fourth-order valence-corrected chi connectivity index (χ4v) is 3.05. The fraction of sp³-hybridized carbons (Fsp3) is 0.429. The summed E-state index contributed by atoms with van der Waals surface area (Å²) < 4.78 is 2.98. The zero-order valence-electron chi connectivity index (χ0n) is 11.8. The molecule has 6 heteroatoms. The molecule has 0 fully saturated rings. The first-order valence-corrected chi connectivity index (χ1v) is 7.72. The average molecular weight is 358 g/mol. The fourth-order valence-electron chi connectivity index (χ4n) is 2.30. The summed E-state index contributed by atoms with van der Waals surface area (Å²) in [5.74, 6) is 0. The molecule has 2 aromatic heterocycles. The summed E-state index contributed by atoms with van der Waals surface area (Å²) in [5, 5.41) is 8.60. The number of pyridine rings is 1. The zero-order valence-corrected chi connectivity index (χ0v) is 14.2. The highest BCUT2D eigenvalue weighted by Crippen LogP contribution is 2.28. The van der Waals surface area contributed by atoms with Gasteiger partial charge < -0.3 is 5.32 Å². The highest BCUT2D eigenvalue weighted by atomic mass is 79.9. The van der Waals surface area contributed by atoms with Gasteiger partial charge in [0.25, 0.3) is 0 Å². The Balaban J connectivity index is 2.33. The number of halogens is 2. The Bertz CT molecular complexity index is 597. The van der Waals surface area contributed by atoms with E-state index in [9.17, 15) is 0 Å². The van der Waals surface area contributed by atoms with Crippen LogP contribution in [0.2, 0.25) is 5.02 Å². The van der Waals surface area contributed by atoms with Crippen molar-refractivity contribution < 1.29 is 0 Å². The normalized spacial score (nSPS) is 12.7. The molecule has 2 rings (SSSR count). The zero-order chi connectivity index (χ0) is 14.7. The Morgan fingerprint density at radius 2 is 2.25 bits per heavy atom. The molecule has 0 aromatic carbocycles. The van der Waals surface area contributed by atoms with E-state index in [1.165, 1.54) is 0 Å². The van der Waals surface area contributed by atoms with Gasteiger partial charge in [-0.15, -0.1) is 0 Å². The maximum atomic E-state index is 6.27. The minimum absolute atomic E-state index is 0.140. The van der Waals surface area contributed by atoms with E-state index in [1.807, 2.05) is 24.7 Å². The van der Waals surface area contributed by atoms with Crippen LogP contribution < -0.4 is 5.32 Å². The van der Waals surface area contributed by atoms with Crippen LogP contribution in [0.25, 0.3) is 0 Å². The topological polar surface area (TPSA) is 42.7 Å². The molecule has 0 aliphatic heterocycles. The Morgan fingerprint density at radius 1 is 1.50 bits per heavy atom. The van der Waals surface area contributed by atoms with E-state index in [1.54, 1.807) is 12.4 Å². The van der Waals surface area contributed by atoms with Crippen LogP contribution in [0.4, 0.5) is 0 Å². The van der Waals surface area contributed by atoms with E-state index in [2.05, 4.69) is 38.3 Å². The van der Waals surface area contributed by atoms with Gasteiger partial charge in [-0.1, -0.05) is 18.5 Å². The van der Waals surface area contributed by atoms with Crippen LogP contribution in [-0.2, 0) is 13.5 Å². The van der Waals surface area contributed by atoms with Crippen molar-refractivity contribution in [3.63, 3.8) is 0 Å². The van der Waals surface area contributed by atoms with Gasteiger partial charge in [0.1, 0.15) is 0 Å². The Hall–Kier alpha value is -0.910. The van der Waals surface area contributed by atoms with E-state index in [4.69, 9.17) is 11.6 Å². The minimum atomic E-state index is 0.140. The predicted molar refractivity (Wildman–Crippen MR) is 85.0 cm³/mol. The molecule has 4 nitrogen and oxygen atoms in total. The molecular formula is C14H18BrClN4. The number of likely N-dealkylation sites (N-methyl/N-ethyl adjacent to an activating group) is 1. The summed E-state index contributed by atoms with van der Waals surface area (Å²) in [5.41, 5.74) is 3.22. The summed E-state index contributed by atoms with van der Waals surface area (Å²) >= 11 is 9.88. The largest absolute Gasteiger partial charge is 0.310 e. The third-order valence-corrected chi connectivity index (χ3v) is 4.64. The van der Waals surface area contributed by atoms with E-state index >= 15 is 0 Å². The van der Waals surface area contributed by atoms with Gasteiger partial charge in [0.2, 0.25) is 0 Å². The van der Waals surface area contributed by atoms with Gasteiger partial charge in [0.15, 0.2) is 0 Å². The van der Waals surface area contributed by atoms with Crippen molar-refractivity contribution in [2.45, 2.75) is 26.3 Å². The molecule has 0 saturated carbocycles. The molecule has 1 N–H and O–H groups in total. The third kappa shape index (κ3) is 3.22. The summed E-state index contributed by atoms with van der Waals surface area (Å²) in [4.78, 5) is 4.05. The molecule has 0 aliphatic carbocycles. The van der Waals surface area contributed by atoms with Crippen LogP contribution in [-0.4, -0.2) is 21.3 Å². The van der Waals surface area contributed by atoms with Crippen LogP contribution in [0.3, 0.4) is 0 Å². The van der Waals surface area contributed by atoms with Crippen LogP contribution in [0, 0.1) is 6.92 Å². The number of aromatic nitrogens is 3. The van der Waals surface area contributed by atoms with Gasteiger partial charge in [-0.2, -0.15) is 5.10 Å². The molecule has 0 radical (unpaired) electrons. The van der Waals surface area contributed by atoms with Gasteiger partial charge in [-0.25, -0.2) is 0 Å². The van der Waals surface area contributed by atoms with Crippen molar-refractivity contribution in [1.29, 1.82) is 0 Å². The second kappa shape index (κ2) is 6.70. The molecular weight excluding hydrogens is 340 g/mol. The monoisotopic (exact) mass is 356 g/mol. The molecule has 1 atom stereocenters. The van der Waals surface area contributed by atoms with Crippen molar-refractivity contribution >= 4 is 27.5 Å². The third-order valence-electron chi connectivity index (χ3n) is 3.29. The Labute approximate surface area is 132 Å². The molecule has 0 spiro atoms. The Morgan fingerprint density at radius 3 is 2.80 bits per heavy atom. The highest BCUT2D eigenvalue weighted by Gasteiger charge is 2.19. The standard InChI is InChI=1S/C14H18BrClN4/c1-4-18-12(10-5-6-17-8-11(10)16)7-13-14(15)9(2)19-20(13)3/h5-6,8,12,18H,4,7H2,1-3H3. The van der Waals surface area contributed by atoms with E-state index in [-0.39, 0.29) is 6.04 Å². The van der Waals surface area contributed by atoms with Crippen LogP contribution in [0.1, 0.15) is 29.9 Å². The molecule has 108 valence electrons. The number of aryl methyl sites for hydroxylation is 2. The van der Waals surface area contributed by atoms with Gasteiger partial charge in [0, 0.05) is 31.9 Å². The van der Waals surface area contributed by atoms with Crippen LogP contribution in [0.15, 0.2) is 22.9 Å². The number of nitrogens with one attached hydrogen (secondary N) is 1. The second-order valence-corrected chi connectivity index (χ2v) is 5.88. The maximum absolute atomic E-state index is 6.27. The SMILES string of the molecule is CCNC(Cc1c(Br)c(C)nn1C)c1ccncc1Cl. The Kier molecular flexibility index (Phi) is 5.18. The lowest BCUT2D eigenvalue weighted by Crippen LogP contribution is -2.24. The van der Waals surface area contributed by atoms with Gasteiger partial charge >= 0.3 is 0 Å². The van der Waals surface area contributed by atoms with E-state index in [0.717, 1.165) is 34.4 Å². The lowest BCUT2D eigenvalue weighted by atomic mass is 10.0. The molecule has 0 aliphatic rings. The molecule has 0 bridgehead atoms. The summed E-state index contributed by atoms with van der Waals surface area (Å²) in [6.45, 7) is 4.96. The van der Waals surface area contributed by atoms with Gasteiger partial charge in [-0.3, -0.25) is 9.67 Å². The van der Waals surface area contributed by atoms with Crippen molar-refractivity contribution in [2.75, 3.05) is 6.54 Å². The summed E-state index contributed by atoms with van der Waals surface area (Å²) in [6.07, 6.45) is 4.27. The van der Waals surface area contributed by atoms with E-state index < -0.39 is 0 Å². The minimum Gasteiger partial charge on any atom is -0.310 e. The molecule has 2 heterocycles. The lowest BCUT2D eigenvalue weighted by molar-refractivity contribution is 0.527. The van der Waals surface area contributed by atoms with Crippen molar-refractivity contribution in [1.82, 2.24) is 20.1 Å². The average Bonchev–Trinajstić information content (AvgIpc) is 2.65. The molecule has 0 amide bonds. The maximum Gasteiger partial charge on any atom is 0.0738 e. The number of nitrogens with zero attached hydrogens (tertiary/aromatic N) is 3. The predicted octanol–water partition coefficient (Wildman–Crippen LogP) is 3.43. The van der Waals surface area contributed by atoms with Gasteiger partial charge in [-0.05, 0) is 41.0 Å². The van der Waals surface area contributed by atoms with Crippen LogP contribution >= 0.6 is 27.5 Å². The summed E-state index contributed by atoms with van der Waals surface area (Å²) in [6, 6.07) is 2.11. The number of hydrogen-bond donors (Lipinski definition) is 1. The van der Waals surface area contributed by atoms with Crippen LogP contribution in [0.5, 0.6) is 0 Å². The smallest absolute Gasteiger partial charge is 0.0738 e. The quantitative estimate of drug-likeness (QED) is 0.891. The van der Waals surface area contributed by atoms with Crippen molar-refractivity contribution in [3.8, 4) is 0 Å². The first kappa shape index (κ1) is 15.5.